The summed E-state index contributed by atoms with van der Waals surface area (Å²) in [5, 5.41) is 0. The molecule has 3 rings (SSSR count). The van der Waals surface area contributed by atoms with Crippen LogP contribution in [0.2, 0.25) is 0 Å². The fraction of sp³-hybridized carbons (Fsp3) is 0.714. The molecule has 20 heavy (non-hydrogen) atoms. The summed E-state index contributed by atoms with van der Waals surface area (Å²) in [6.45, 7) is 3.09. The van der Waals surface area contributed by atoms with Crippen LogP contribution in [-0.4, -0.2) is 64.1 Å². The van der Waals surface area contributed by atoms with E-state index in [9.17, 15) is 4.79 Å². The van der Waals surface area contributed by atoms with Gasteiger partial charge < -0.3 is 14.2 Å². The van der Waals surface area contributed by atoms with Crippen LogP contribution in [0.5, 0.6) is 0 Å². The van der Waals surface area contributed by atoms with E-state index < -0.39 is 0 Å². The molecule has 110 valence electrons. The highest BCUT2D eigenvalue weighted by Crippen LogP contribution is 2.23. The zero-order chi connectivity index (χ0) is 14.1. The molecule has 2 aliphatic heterocycles. The molecule has 0 radical (unpaired) electrons. The monoisotopic (exact) mass is 278 g/mol. The summed E-state index contributed by atoms with van der Waals surface area (Å²) >= 11 is 0. The fourth-order valence-electron chi connectivity index (χ4n) is 3.15. The van der Waals surface area contributed by atoms with Crippen molar-refractivity contribution in [2.24, 2.45) is 7.05 Å². The topological polar surface area (TPSA) is 50.6 Å². The summed E-state index contributed by atoms with van der Waals surface area (Å²) in [6, 6.07) is 0.227. The lowest BCUT2D eigenvalue weighted by Gasteiger charge is -2.37. The predicted molar refractivity (Wildman–Crippen MR) is 74.0 cm³/mol. The lowest BCUT2D eigenvalue weighted by atomic mass is 10.0. The summed E-state index contributed by atoms with van der Waals surface area (Å²) in [5.74, 6) is 0.101. The first kappa shape index (κ1) is 13.6. The number of nitrogens with zero attached hydrogens (tertiary/aromatic N) is 4. The van der Waals surface area contributed by atoms with E-state index in [0.29, 0.717) is 0 Å². The van der Waals surface area contributed by atoms with E-state index in [4.69, 9.17) is 4.74 Å². The first-order valence-electron chi connectivity index (χ1n) is 7.20. The lowest BCUT2D eigenvalue weighted by Crippen LogP contribution is -2.52. The highest BCUT2D eigenvalue weighted by atomic mass is 16.5. The van der Waals surface area contributed by atoms with Crippen LogP contribution in [0.1, 0.15) is 18.5 Å². The van der Waals surface area contributed by atoms with Crippen LogP contribution in [0.25, 0.3) is 0 Å². The fourth-order valence-corrected chi connectivity index (χ4v) is 3.15. The number of fused-ring (bicyclic) bond motifs is 1. The summed E-state index contributed by atoms with van der Waals surface area (Å²) in [7, 11) is 3.89. The van der Waals surface area contributed by atoms with E-state index in [2.05, 4.69) is 16.1 Å². The summed E-state index contributed by atoms with van der Waals surface area (Å²) in [5.41, 5.74) is 1.10. The Morgan fingerprint density at radius 2 is 2.15 bits per heavy atom. The van der Waals surface area contributed by atoms with Gasteiger partial charge in [-0.05, 0) is 12.8 Å². The van der Waals surface area contributed by atoms with Gasteiger partial charge in [0.25, 0.3) is 0 Å². The van der Waals surface area contributed by atoms with Gasteiger partial charge in [0.05, 0.1) is 24.2 Å². The third-order valence-corrected chi connectivity index (χ3v) is 4.36. The maximum absolute atomic E-state index is 11.7. The molecule has 0 saturated carbocycles. The SMILES string of the molecule is CN1C(=O)CO[C@H]2CCN(Cc3cn(C)cn3)CC[C@@H]21. The zero-order valence-corrected chi connectivity index (χ0v) is 12.2. The molecule has 1 aromatic heterocycles. The number of likely N-dealkylation sites (N-methyl/N-ethyl adjacent to an activating group) is 1. The van der Waals surface area contributed by atoms with Crippen molar-refractivity contribution in [3.05, 3.63) is 18.2 Å². The number of carbonyl (C=O) groups excluding carboxylic acids is 1. The second-order valence-electron chi connectivity index (χ2n) is 5.81. The third kappa shape index (κ3) is 2.71. The predicted octanol–water partition coefficient (Wildman–Crippen LogP) is 0.242. The van der Waals surface area contributed by atoms with Crippen molar-refractivity contribution in [2.75, 3.05) is 26.7 Å². The van der Waals surface area contributed by atoms with E-state index in [1.165, 1.54) is 0 Å². The number of aromatic nitrogens is 2. The van der Waals surface area contributed by atoms with E-state index in [1.54, 1.807) is 0 Å². The van der Waals surface area contributed by atoms with Crippen molar-refractivity contribution in [2.45, 2.75) is 31.5 Å². The molecule has 6 heteroatoms. The molecule has 0 unspecified atom stereocenters. The number of carbonyl (C=O) groups is 1. The van der Waals surface area contributed by atoms with Gasteiger partial charge in [-0.25, -0.2) is 4.98 Å². The average molecular weight is 278 g/mol. The Bertz CT molecular complexity index is 487. The standard InChI is InChI=1S/C14H22N4O2/c1-16-7-11(15-10-16)8-18-5-3-12-13(4-6-18)20-9-14(19)17(12)2/h7,10,12-13H,3-6,8-9H2,1-2H3/t12-,13-/m0/s1. The van der Waals surface area contributed by atoms with Crippen LogP contribution >= 0.6 is 0 Å². The Morgan fingerprint density at radius 1 is 1.35 bits per heavy atom. The molecule has 2 atom stereocenters. The molecule has 2 fully saturated rings. The Hall–Kier alpha value is -1.40. The third-order valence-electron chi connectivity index (χ3n) is 4.36. The van der Waals surface area contributed by atoms with Crippen LogP contribution in [0.15, 0.2) is 12.5 Å². The molecule has 0 bridgehead atoms. The molecule has 0 aliphatic carbocycles. The van der Waals surface area contributed by atoms with Gasteiger partial charge in [0, 0.05) is 39.9 Å². The molecule has 0 N–H and O–H groups in total. The van der Waals surface area contributed by atoms with Crippen LogP contribution in [-0.2, 0) is 23.1 Å². The van der Waals surface area contributed by atoms with Gasteiger partial charge in [0.1, 0.15) is 6.61 Å². The summed E-state index contributed by atoms with van der Waals surface area (Å²) in [6.07, 6.45) is 6.04. The highest BCUT2D eigenvalue weighted by molar-refractivity contribution is 5.78. The van der Waals surface area contributed by atoms with Crippen molar-refractivity contribution >= 4 is 5.91 Å². The lowest BCUT2D eigenvalue weighted by molar-refractivity contribution is -0.154. The minimum atomic E-state index is 0.101. The van der Waals surface area contributed by atoms with E-state index in [0.717, 1.165) is 38.2 Å². The molecule has 2 aliphatic rings. The van der Waals surface area contributed by atoms with Crippen molar-refractivity contribution in [3.8, 4) is 0 Å². The Kier molecular flexibility index (Phi) is 3.76. The number of aryl methyl sites for hydroxylation is 1. The smallest absolute Gasteiger partial charge is 0.248 e. The van der Waals surface area contributed by atoms with Gasteiger partial charge in [-0.2, -0.15) is 0 Å². The molecule has 0 aromatic carbocycles. The number of rotatable bonds is 2. The average Bonchev–Trinajstić information content (AvgIpc) is 2.71. The molecule has 1 amide bonds. The van der Waals surface area contributed by atoms with Crippen molar-refractivity contribution < 1.29 is 9.53 Å². The van der Waals surface area contributed by atoms with Crippen molar-refractivity contribution in [3.63, 3.8) is 0 Å². The molecule has 0 spiro atoms. The second-order valence-corrected chi connectivity index (χ2v) is 5.81. The molecule has 1 aromatic rings. The second kappa shape index (κ2) is 5.54. The van der Waals surface area contributed by atoms with Gasteiger partial charge >= 0.3 is 0 Å². The van der Waals surface area contributed by atoms with Crippen LogP contribution in [0, 0.1) is 0 Å². The normalized spacial score (nSPS) is 28.3. The zero-order valence-electron chi connectivity index (χ0n) is 12.2. The number of amides is 1. The number of likely N-dealkylation sites (tertiary alicyclic amines) is 1. The number of hydrogen-bond acceptors (Lipinski definition) is 4. The summed E-state index contributed by atoms with van der Waals surface area (Å²) in [4.78, 5) is 20.4. The molecular weight excluding hydrogens is 256 g/mol. The number of ether oxygens (including phenoxy) is 1. The Balaban J connectivity index is 1.63. The van der Waals surface area contributed by atoms with Gasteiger partial charge in [-0.3, -0.25) is 9.69 Å². The van der Waals surface area contributed by atoms with E-state index in [1.807, 2.05) is 29.9 Å². The number of hydrogen-bond donors (Lipinski definition) is 0. The van der Waals surface area contributed by atoms with Gasteiger partial charge in [-0.1, -0.05) is 0 Å². The maximum Gasteiger partial charge on any atom is 0.248 e. The van der Waals surface area contributed by atoms with Gasteiger partial charge in [0.2, 0.25) is 5.91 Å². The first-order chi connectivity index (χ1) is 9.63. The van der Waals surface area contributed by atoms with Crippen molar-refractivity contribution in [1.29, 1.82) is 0 Å². The summed E-state index contributed by atoms with van der Waals surface area (Å²) < 4.78 is 7.68. The highest BCUT2D eigenvalue weighted by Gasteiger charge is 2.36. The minimum Gasteiger partial charge on any atom is -0.366 e. The maximum atomic E-state index is 11.7. The molecule has 2 saturated heterocycles. The number of imidazole rings is 1. The van der Waals surface area contributed by atoms with Crippen molar-refractivity contribution in [1.82, 2.24) is 19.4 Å². The Morgan fingerprint density at radius 3 is 2.90 bits per heavy atom. The quantitative estimate of drug-likeness (QED) is 0.778. The molecule has 6 nitrogen and oxygen atoms in total. The minimum absolute atomic E-state index is 0.101. The van der Waals surface area contributed by atoms with Crippen LogP contribution < -0.4 is 0 Å². The van der Waals surface area contributed by atoms with Gasteiger partial charge in [-0.15, -0.1) is 0 Å². The largest absolute Gasteiger partial charge is 0.366 e. The number of morpholine rings is 1. The molecular formula is C14H22N4O2. The van der Waals surface area contributed by atoms with E-state index >= 15 is 0 Å². The Labute approximate surface area is 119 Å². The van der Waals surface area contributed by atoms with E-state index in [-0.39, 0.29) is 24.7 Å². The van der Waals surface area contributed by atoms with Crippen LogP contribution in [0.4, 0.5) is 0 Å². The van der Waals surface area contributed by atoms with Gasteiger partial charge in [0.15, 0.2) is 0 Å². The first-order valence-corrected chi connectivity index (χ1v) is 7.20. The molecule has 3 heterocycles. The van der Waals surface area contributed by atoms with Crippen LogP contribution in [0.3, 0.4) is 0 Å².